The van der Waals surface area contributed by atoms with Gasteiger partial charge >= 0.3 is 5.97 Å². The van der Waals surface area contributed by atoms with E-state index < -0.39 is 5.97 Å². The van der Waals surface area contributed by atoms with Gasteiger partial charge in [-0.05, 0) is 35.2 Å². The minimum atomic E-state index is -0.816. The maximum absolute atomic E-state index is 10.9. The molecule has 0 atom stereocenters. The summed E-state index contributed by atoms with van der Waals surface area (Å²) in [6.07, 6.45) is 1.06. The number of para-hydroxylation sites is 1. The Kier molecular flexibility index (Phi) is 5.75. The van der Waals surface area contributed by atoms with Crippen molar-refractivity contribution >= 4 is 22.6 Å². The molecule has 0 saturated carbocycles. The monoisotopic (exact) mass is 396 g/mol. The Balaban J connectivity index is 1.69. The van der Waals surface area contributed by atoms with Gasteiger partial charge in [0.25, 0.3) is 0 Å². The van der Waals surface area contributed by atoms with E-state index in [4.69, 9.17) is 10.1 Å². The average Bonchev–Trinajstić information content (AvgIpc) is 2.78. The summed E-state index contributed by atoms with van der Waals surface area (Å²) in [5.41, 5.74) is 7.46. The first-order chi connectivity index (χ1) is 14.7. The summed E-state index contributed by atoms with van der Waals surface area (Å²) in [5, 5.41) is 13.2. The number of carboxylic acids is 1. The molecule has 4 nitrogen and oxygen atoms in total. The summed E-state index contributed by atoms with van der Waals surface area (Å²) in [5.74, 6) is -0.816. The molecule has 4 rings (SSSR count). The maximum atomic E-state index is 10.9. The molecule has 0 bridgehead atoms. The third kappa shape index (κ3) is 4.18. The molecule has 0 amide bonds. The van der Waals surface area contributed by atoms with Crippen LogP contribution in [0.25, 0.3) is 33.3 Å². The van der Waals surface area contributed by atoms with E-state index in [1.807, 2.05) is 30.3 Å². The van der Waals surface area contributed by atoms with Gasteiger partial charge in [0.05, 0.1) is 17.6 Å². The zero-order chi connectivity index (χ0) is 20.9. The van der Waals surface area contributed by atoms with Crippen molar-refractivity contribution in [2.45, 2.75) is 19.8 Å². The van der Waals surface area contributed by atoms with Gasteiger partial charge in [0.1, 0.15) is 0 Å². The molecule has 3 aromatic carbocycles. The van der Waals surface area contributed by atoms with Crippen LogP contribution >= 0.6 is 0 Å². The number of benzene rings is 3. The van der Waals surface area contributed by atoms with E-state index in [1.54, 1.807) is 0 Å². The van der Waals surface area contributed by atoms with Crippen LogP contribution in [0.5, 0.6) is 0 Å². The Bertz CT molecular complexity index is 1180. The van der Waals surface area contributed by atoms with E-state index in [-0.39, 0.29) is 6.42 Å². The number of aryl methyl sites for hydroxylation is 1. The lowest BCUT2D eigenvalue weighted by molar-refractivity contribution is -0.136. The molecule has 2 N–H and O–H groups in total. The highest BCUT2D eigenvalue weighted by Crippen LogP contribution is 2.30. The number of pyridine rings is 1. The van der Waals surface area contributed by atoms with Gasteiger partial charge in [-0.1, -0.05) is 73.7 Å². The predicted molar refractivity (Wildman–Crippen MR) is 123 cm³/mol. The van der Waals surface area contributed by atoms with Crippen molar-refractivity contribution in [3.05, 3.63) is 84.4 Å². The van der Waals surface area contributed by atoms with Crippen LogP contribution in [0, 0.1) is 0 Å². The summed E-state index contributed by atoms with van der Waals surface area (Å²) in [6, 6.07) is 26.9. The van der Waals surface area contributed by atoms with Gasteiger partial charge in [-0.25, -0.2) is 4.98 Å². The second kappa shape index (κ2) is 8.78. The molecule has 0 aliphatic rings. The minimum absolute atomic E-state index is 0.0670. The topological polar surface area (TPSA) is 62.2 Å². The number of fused-ring (bicyclic) bond motifs is 1. The second-order valence-electron chi connectivity index (χ2n) is 7.23. The summed E-state index contributed by atoms with van der Waals surface area (Å²) >= 11 is 0. The van der Waals surface area contributed by atoms with Crippen LogP contribution in [-0.2, 0) is 11.2 Å². The van der Waals surface area contributed by atoms with Crippen LogP contribution in [0.1, 0.15) is 18.9 Å². The van der Waals surface area contributed by atoms with Gasteiger partial charge < -0.3 is 10.4 Å². The summed E-state index contributed by atoms with van der Waals surface area (Å²) in [4.78, 5) is 15.7. The highest BCUT2D eigenvalue weighted by atomic mass is 16.4. The second-order valence-corrected chi connectivity index (χ2v) is 7.23. The van der Waals surface area contributed by atoms with Crippen LogP contribution in [0.15, 0.2) is 78.9 Å². The number of anilines is 1. The number of nitrogens with one attached hydrogen (secondary N) is 1. The zero-order valence-electron chi connectivity index (χ0n) is 16.9. The van der Waals surface area contributed by atoms with E-state index in [0.29, 0.717) is 6.54 Å². The molecule has 0 fully saturated rings. The lowest BCUT2D eigenvalue weighted by Crippen LogP contribution is -2.08. The highest BCUT2D eigenvalue weighted by molar-refractivity contribution is 5.94. The van der Waals surface area contributed by atoms with Gasteiger partial charge in [0.15, 0.2) is 0 Å². The number of nitrogens with zero attached hydrogens (tertiary/aromatic N) is 1. The fourth-order valence-electron chi connectivity index (χ4n) is 3.70. The van der Waals surface area contributed by atoms with E-state index in [0.717, 1.165) is 34.3 Å². The average molecular weight is 396 g/mol. The lowest BCUT2D eigenvalue weighted by atomic mass is 9.96. The van der Waals surface area contributed by atoms with Crippen molar-refractivity contribution in [2.75, 3.05) is 11.9 Å². The summed E-state index contributed by atoms with van der Waals surface area (Å²) in [7, 11) is 0. The zero-order valence-corrected chi connectivity index (χ0v) is 16.9. The van der Waals surface area contributed by atoms with Crippen molar-refractivity contribution in [3.8, 4) is 22.4 Å². The van der Waals surface area contributed by atoms with Crippen LogP contribution < -0.4 is 5.32 Å². The third-order valence-electron chi connectivity index (χ3n) is 5.26. The molecule has 0 saturated heterocycles. The Morgan fingerprint density at radius 3 is 2.40 bits per heavy atom. The Hall–Kier alpha value is -3.66. The maximum Gasteiger partial charge on any atom is 0.305 e. The molecule has 0 aliphatic carbocycles. The van der Waals surface area contributed by atoms with Crippen molar-refractivity contribution in [2.24, 2.45) is 0 Å². The van der Waals surface area contributed by atoms with E-state index in [9.17, 15) is 4.79 Å². The number of aliphatic carboxylic acids is 1. The first-order valence-corrected chi connectivity index (χ1v) is 10.2. The fourth-order valence-corrected chi connectivity index (χ4v) is 3.70. The number of hydrogen-bond acceptors (Lipinski definition) is 3. The number of hydrogen-bond donors (Lipinski definition) is 2. The van der Waals surface area contributed by atoms with Crippen molar-refractivity contribution in [1.82, 2.24) is 4.98 Å². The van der Waals surface area contributed by atoms with Crippen LogP contribution in [0.2, 0.25) is 0 Å². The number of aromatic nitrogens is 1. The molecule has 0 radical (unpaired) electrons. The van der Waals surface area contributed by atoms with E-state index in [1.165, 1.54) is 16.7 Å². The van der Waals surface area contributed by atoms with Gasteiger partial charge in [-0.2, -0.15) is 0 Å². The van der Waals surface area contributed by atoms with Crippen LogP contribution in [0.3, 0.4) is 0 Å². The summed E-state index contributed by atoms with van der Waals surface area (Å²) in [6.45, 7) is 2.54. The van der Waals surface area contributed by atoms with Crippen molar-refractivity contribution < 1.29 is 9.90 Å². The lowest BCUT2D eigenvalue weighted by Gasteiger charge is -2.12. The van der Waals surface area contributed by atoms with E-state index >= 15 is 0 Å². The SMILES string of the molecule is CCc1ccccc1-c1ccc(-c2cc(NCCC(=O)O)c3ccccc3n2)cc1. The van der Waals surface area contributed by atoms with E-state index in [2.05, 4.69) is 60.8 Å². The van der Waals surface area contributed by atoms with Crippen molar-refractivity contribution in [3.63, 3.8) is 0 Å². The number of carboxylic acid groups (broad SMARTS) is 1. The predicted octanol–water partition coefficient (Wildman–Crippen LogP) is 6.02. The number of carbonyl (C=O) groups is 1. The largest absolute Gasteiger partial charge is 0.481 e. The molecule has 4 aromatic rings. The Morgan fingerprint density at radius 1 is 0.933 bits per heavy atom. The first kappa shape index (κ1) is 19.6. The molecule has 1 heterocycles. The Morgan fingerprint density at radius 2 is 1.63 bits per heavy atom. The minimum Gasteiger partial charge on any atom is -0.481 e. The molecule has 0 aliphatic heterocycles. The normalized spacial score (nSPS) is 10.8. The molecule has 0 unspecified atom stereocenters. The molecule has 4 heteroatoms. The number of rotatable bonds is 7. The molecular weight excluding hydrogens is 372 g/mol. The standard InChI is InChI=1S/C26H24N2O2/c1-2-18-7-3-4-8-21(18)19-11-13-20(14-12-19)24-17-25(27-16-15-26(29)30)22-9-5-6-10-23(22)28-24/h3-14,17H,2,15-16H2,1H3,(H,27,28)(H,29,30). The van der Waals surface area contributed by atoms with Gasteiger partial charge in [0.2, 0.25) is 0 Å². The van der Waals surface area contributed by atoms with Crippen molar-refractivity contribution in [1.29, 1.82) is 0 Å². The fraction of sp³-hybridized carbons (Fsp3) is 0.154. The Labute approximate surface area is 176 Å². The van der Waals surface area contributed by atoms with Gasteiger partial charge in [0, 0.05) is 23.2 Å². The van der Waals surface area contributed by atoms with Crippen LogP contribution in [0.4, 0.5) is 5.69 Å². The molecule has 150 valence electrons. The van der Waals surface area contributed by atoms with Gasteiger partial charge in [-0.15, -0.1) is 0 Å². The highest BCUT2D eigenvalue weighted by Gasteiger charge is 2.09. The summed E-state index contributed by atoms with van der Waals surface area (Å²) < 4.78 is 0. The molecule has 1 aromatic heterocycles. The first-order valence-electron chi connectivity index (χ1n) is 10.2. The smallest absolute Gasteiger partial charge is 0.305 e. The molecular formula is C26H24N2O2. The third-order valence-corrected chi connectivity index (χ3v) is 5.26. The molecule has 30 heavy (non-hydrogen) atoms. The molecule has 0 spiro atoms. The van der Waals surface area contributed by atoms with Gasteiger partial charge in [-0.3, -0.25) is 4.79 Å². The quantitative estimate of drug-likeness (QED) is 0.401. The van der Waals surface area contributed by atoms with Crippen LogP contribution in [-0.4, -0.2) is 22.6 Å².